The molecule has 0 N–H and O–H groups in total. The normalized spacial score (nSPS) is 11.6. The van der Waals surface area contributed by atoms with E-state index in [-0.39, 0.29) is 0 Å². The van der Waals surface area contributed by atoms with Gasteiger partial charge < -0.3 is 9.64 Å². The Morgan fingerprint density at radius 1 is 0.400 bits per heavy atom. The summed E-state index contributed by atoms with van der Waals surface area (Å²) >= 11 is 0. The van der Waals surface area contributed by atoms with E-state index < -0.39 is 8.07 Å². The van der Waals surface area contributed by atoms with E-state index in [1.54, 1.807) is 7.11 Å². The van der Waals surface area contributed by atoms with Crippen molar-refractivity contribution in [2.24, 2.45) is 0 Å². The first-order valence-electron chi connectivity index (χ1n) is 19.1. The van der Waals surface area contributed by atoms with Gasteiger partial charge in [0.25, 0.3) is 0 Å². The Balaban J connectivity index is 1.41. The third kappa shape index (κ3) is 6.27. The number of ether oxygens (including phenoxy) is 1. The van der Waals surface area contributed by atoms with E-state index >= 15 is 0 Å². The molecule has 0 bridgehead atoms. The molecule has 9 rings (SSSR count). The SMILES string of the molecule is COc1ccc(N(c2ccc([Si](C)(C)C)cc2)c2ccc3c(c2)c2ccccc2c2c(-c4ccccc4)cc(-c4ccccc4)c(-c4ccccc4)c32)cc1. The van der Waals surface area contributed by atoms with E-state index in [2.05, 4.69) is 200 Å². The molecule has 266 valence electrons. The number of fused-ring (bicyclic) bond motifs is 6. The van der Waals surface area contributed by atoms with Gasteiger partial charge in [-0.15, -0.1) is 0 Å². The third-order valence-corrected chi connectivity index (χ3v) is 13.0. The van der Waals surface area contributed by atoms with Crippen molar-refractivity contribution in [1.82, 2.24) is 0 Å². The molecule has 9 aromatic rings. The molecule has 0 unspecified atom stereocenters. The van der Waals surface area contributed by atoms with Crippen LogP contribution in [0.2, 0.25) is 19.6 Å². The molecule has 0 aliphatic heterocycles. The Morgan fingerprint density at radius 2 is 0.891 bits per heavy atom. The average molecular weight is 726 g/mol. The fourth-order valence-electron chi connectivity index (χ4n) is 8.16. The predicted octanol–water partition coefficient (Wildman–Crippen LogP) is 14.2. The van der Waals surface area contributed by atoms with Crippen molar-refractivity contribution in [3.8, 4) is 39.1 Å². The highest BCUT2D eigenvalue weighted by molar-refractivity contribution is 6.88. The van der Waals surface area contributed by atoms with Crippen LogP contribution < -0.4 is 14.8 Å². The van der Waals surface area contributed by atoms with Crippen LogP contribution in [0.25, 0.3) is 65.7 Å². The molecule has 0 atom stereocenters. The zero-order valence-electron chi connectivity index (χ0n) is 31.8. The summed E-state index contributed by atoms with van der Waals surface area (Å²) in [4.78, 5) is 2.37. The number of methoxy groups -OCH3 is 1. The van der Waals surface area contributed by atoms with E-state index in [0.29, 0.717) is 0 Å². The Hall–Kier alpha value is -6.42. The first-order chi connectivity index (χ1) is 26.9. The van der Waals surface area contributed by atoms with E-state index in [1.165, 1.54) is 70.9 Å². The molecule has 0 aliphatic rings. The number of benzene rings is 9. The number of hydrogen-bond acceptors (Lipinski definition) is 2. The molecule has 0 fully saturated rings. The fourth-order valence-corrected chi connectivity index (χ4v) is 9.33. The predicted molar refractivity (Wildman–Crippen MR) is 239 cm³/mol. The van der Waals surface area contributed by atoms with E-state index in [0.717, 1.165) is 22.8 Å². The molecule has 0 saturated heterocycles. The van der Waals surface area contributed by atoms with Gasteiger partial charge in [-0.1, -0.05) is 158 Å². The van der Waals surface area contributed by atoms with Gasteiger partial charge in [0.2, 0.25) is 0 Å². The van der Waals surface area contributed by atoms with E-state index in [1.807, 2.05) is 12.1 Å². The largest absolute Gasteiger partial charge is 0.497 e. The van der Waals surface area contributed by atoms with Crippen molar-refractivity contribution < 1.29 is 4.74 Å². The molecule has 2 nitrogen and oxygen atoms in total. The minimum atomic E-state index is -1.48. The van der Waals surface area contributed by atoms with Crippen LogP contribution in [0.1, 0.15) is 0 Å². The Morgan fingerprint density at radius 3 is 1.47 bits per heavy atom. The van der Waals surface area contributed by atoms with Gasteiger partial charge in [0.1, 0.15) is 5.75 Å². The van der Waals surface area contributed by atoms with Gasteiger partial charge in [0.15, 0.2) is 0 Å². The van der Waals surface area contributed by atoms with Gasteiger partial charge in [-0.2, -0.15) is 0 Å². The van der Waals surface area contributed by atoms with Crippen LogP contribution in [-0.2, 0) is 0 Å². The molecule has 0 radical (unpaired) electrons. The van der Waals surface area contributed by atoms with Crippen LogP contribution in [-0.4, -0.2) is 15.2 Å². The minimum Gasteiger partial charge on any atom is -0.497 e. The maximum absolute atomic E-state index is 5.58. The molecule has 3 heteroatoms. The monoisotopic (exact) mass is 725 g/mol. The number of nitrogens with zero attached hydrogens (tertiary/aromatic N) is 1. The molecule has 0 heterocycles. The van der Waals surface area contributed by atoms with Gasteiger partial charge in [0, 0.05) is 17.1 Å². The van der Waals surface area contributed by atoms with Gasteiger partial charge in [-0.25, -0.2) is 0 Å². The lowest BCUT2D eigenvalue weighted by Gasteiger charge is -2.28. The van der Waals surface area contributed by atoms with Gasteiger partial charge in [-0.3, -0.25) is 0 Å². The second-order valence-electron chi connectivity index (χ2n) is 15.3. The molecule has 0 aromatic heterocycles. The van der Waals surface area contributed by atoms with Crippen molar-refractivity contribution in [2.75, 3.05) is 12.0 Å². The van der Waals surface area contributed by atoms with Crippen molar-refractivity contribution in [2.45, 2.75) is 19.6 Å². The van der Waals surface area contributed by atoms with E-state index in [4.69, 9.17) is 4.74 Å². The fraction of sp³-hybridized carbons (Fsp3) is 0.0769. The first kappa shape index (κ1) is 34.4. The Kier molecular flexibility index (Phi) is 8.80. The molecule has 0 aliphatic carbocycles. The summed E-state index contributed by atoms with van der Waals surface area (Å²) in [6.45, 7) is 7.20. The minimum absolute atomic E-state index is 0.839. The van der Waals surface area contributed by atoms with Crippen molar-refractivity contribution >= 4 is 62.6 Å². The molecular weight excluding hydrogens is 683 g/mol. The van der Waals surface area contributed by atoms with Crippen molar-refractivity contribution in [3.05, 3.63) is 188 Å². The highest BCUT2D eigenvalue weighted by Crippen LogP contribution is 2.50. The van der Waals surface area contributed by atoms with Crippen LogP contribution in [0, 0.1) is 0 Å². The zero-order valence-corrected chi connectivity index (χ0v) is 32.8. The smallest absolute Gasteiger partial charge is 0.119 e. The Bertz CT molecular complexity index is 2790. The summed E-state index contributed by atoms with van der Waals surface area (Å²) in [5, 5.41) is 8.91. The van der Waals surface area contributed by atoms with E-state index in [9.17, 15) is 0 Å². The average Bonchev–Trinajstić information content (AvgIpc) is 3.24. The standard InChI is InChI=1S/C52H43NOSi/c1-54-42-29-24-39(25-30-42)53(40-26-31-43(32-27-40)55(2,3)4)41-28-33-46-49(34-41)44-22-14-15-23-45(44)51-48(37-18-10-6-11-19-37)35-47(36-16-8-5-9-17-36)50(52(46)51)38-20-12-7-13-21-38/h5-35H,1-4H3. The van der Waals surface area contributed by atoms with Crippen LogP contribution >= 0.6 is 0 Å². The summed E-state index contributed by atoms with van der Waals surface area (Å²) in [6, 6.07) is 68.8. The number of rotatable bonds is 8. The Labute approximate surface area is 324 Å². The van der Waals surface area contributed by atoms with Gasteiger partial charge in [0.05, 0.1) is 15.2 Å². The van der Waals surface area contributed by atoms with Gasteiger partial charge in [-0.05, 0) is 120 Å². The molecule has 0 saturated carbocycles. The topological polar surface area (TPSA) is 12.5 Å². The lowest BCUT2D eigenvalue weighted by Crippen LogP contribution is -2.37. The summed E-state index contributed by atoms with van der Waals surface area (Å²) < 4.78 is 5.58. The first-order valence-corrected chi connectivity index (χ1v) is 22.6. The van der Waals surface area contributed by atoms with Crippen LogP contribution in [0.15, 0.2) is 188 Å². The number of anilines is 3. The molecule has 0 amide bonds. The molecular formula is C52H43NOSi. The lowest BCUT2D eigenvalue weighted by atomic mass is 9.81. The maximum Gasteiger partial charge on any atom is 0.119 e. The van der Waals surface area contributed by atoms with Crippen LogP contribution in [0.5, 0.6) is 5.75 Å². The molecule has 0 spiro atoms. The van der Waals surface area contributed by atoms with Gasteiger partial charge >= 0.3 is 0 Å². The maximum atomic E-state index is 5.58. The van der Waals surface area contributed by atoms with Crippen molar-refractivity contribution in [1.29, 1.82) is 0 Å². The summed E-state index contributed by atoms with van der Waals surface area (Å²) in [7, 11) is 0.237. The second-order valence-corrected chi connectivity index (χ2v) is 20.4. The van der Waals surface area contributed by atoms with Crippen LogP contribution in [0.4, 0.5) is 17.1 Å². The molecule has 9 aromatic carbocycles. The highest BCUT2D eigenvalue weighted by Gasteiger charge is 2.23. The summed E-state index contributed by atoms with van der Waals surface area (Å²) in [6.07, 6.45) is 0. The third-order valence-electron chi connectivity index (χ3n) is 10.9. The highest BCUT2D eigenvalue weighted by atomic mass is 28.3. The zero-order chi connectivity index (χ0) is 37.5. The lowest BCUT2D eigenvalue weighted by molar-refractivity contribution is 0.415. The summed E-state index contributed by atoms with van der Waals surface area (Å²) in [5.41, 5.74) is 10.6. The summed E-state index contributed by atoms with van der Waals surface area (Å²) in [5.74, 6) is 0.839. The van der Waals surface area contributed by atoms with Crippen molar-refractivity contribution in [3.63, 3.8) is 0 Å². The van der Waals surface area contributed by atoms with Crippen LogP contribution in [0.3, 0.4) is 0 Å². The molecule has 55 heavy (non-hydrogen) atoms. The quantitative estimate of drug-likeness (QED) is 0.114. The number of hydrogen-bond donors (Lipinski definition) is 0. The second kappa shape index (κ2) is 14.1.